The van der Waals surface area contributed by atoms with Crippen molar-refractivity contribution in [2.75, 3.05) is 6.79 Å². The molecule has 1 unspecified atom stereocenters. The Labute approximate surface area is 235 Å². The van der Waals surface area contributed by atoms with E-state index in [1.807, 2.05) is 0 Å². The maximum Gasteiger partial charge on any atom is 0.333 e. The topological polar surface area (TPSA) is 182 Å². The second-order valence-corrected chi connectivity index (χ2v) is 15.6. The first-order valence-corrected chi connectivity index (χ1v) is 15.0. The fraction of sp³-hybridized carbons (Fsp3) is 0.560. The van der Waals surface area contributed by atoms with Crippen LogP contribution in [0.15, 0.2) is 30.3 Å². The molecule has 216 valence electrons. The van der Waals surface area contributed by atoms with Crippen LogP contribution in [0.5, 0.6) is 0 Å². The number of carbonyl (C=O) groups excluding carboxylic acids is 5. The molecule has 3 N–H and O–H groups in total. The number of esters is 2. The Morgan fingerprint density at radius 2 is 1.65 bits per heavy atom. The summed E-state index contributed by atoms with van der Waals surface area (Å²) >= 11 is 1.31. The summed E-state index contributed by atoms with van der Waals surface area (Å²) in [5.74, 6) is -3.32. The molecule has 0 bridgehead atoms. The Morgan fingerprint density at radius 3 is 2.25 bits per heavy atom. The number of amides is 3. The molecule has 4 heterocycles. The monoisotopic (exact) mass is 594 g/mol. The van der Waals surface area contributed by atoms with Gasteiger partial charge in [-0.25, -0.2) is 18.0 Å². The molecule has 1 aromatic rings. The van der Waals surface area contributed by atoms with Gasteiger partial charge >= 0.3 is 11.9 Å². The smallest absolute Gasteiger partial charge is 0.333 e. The molecule has 0 spiro atoms. The number of rotatable bonds is 7. The van der Waals surface area contributed by atoms with Crippen molar-refractivity contribution in [1.82, 2.24) is 15.1 Å². The maximum atomic E-state index is 13.0. The number of nitrogens with one attached hydrogen (secondary N) is 1. The van der Waals surface area contributed by atoms with Crippen molar-refractivity contribution in [2.45, 2.75) is 78.5 Å². The molecule has 3 amide bonds. The Kier molecular flexibility index (Phi) is 6.70. The van der Waals surface area contributed by atoms with Crippen LogP contribution in [0.25, 0.3) is 0 Å². The van der Waals surface area contributed by atoms with Gasteiger partial charge in [0.2, 0.25) is 24.5 Å². The van der Waals surface area contributed by atoms with E-state index >= 15 is 0 Å². The first-order valence-electron chi connectivity index (χ1n) is 12.6. The van der Waals surface area contributed by atoms with Gasteiger partial charge in [-0.1, -0.05) is 30.3 Å². The van der Waals surface area contributed by atoms with Crippen LogP contribution in [-0.2, 0) is 43.3 Å². The summed E-state index contributed by atoms with van der Waals surface area (Å²) in [7, 11) is -3.80. The lowest BCUT2D eigenvalue weighted by molar-refractivity contribution is -0.181. The number of nitrogens with zero attached hydrogens (tertiary/aromatic N) is 2. The number of hydrogen-bond acceptors (Lipinski definition) is 11. The second-order valence-electron chi connectivity index (χ2n) is 11.2. The second kappa shape index (κ2) is 9.45. The van der Waals surface area contributed by atoms with Crippen molar-refractivity contribution in [3.63, 3.8) is 0 Å². The first kappa shape index (κ1) is 28.4. The number of benzene rings is 1. The summed E-state index contributed by atoms with van der Waals surface area (Å²) in [6.45, 7) is 5.37. The molecule has 0 aromatic heterocycles. The van der Waals surface area contributed by atoms with Crippen LogP contribution < -0.4 is 11.1 Å². The van der Waals surface area contributed by atoms with Gasteiger partial charge in [-0.2, -0.15) is 0 Å². The lowest BCUT2D eigenvalue weighted by Crippen LogP contribution is -2.71. The fourth-order valence-corrected chi connectivity index (χ4v) is 9.44. The summed E-state index contributed by atoms with van der Waals surface area (Å²) in [5.41, 5.74) is 6.64. The molecule has 4 aliphatic heterocycles. The molecule has 13 nitrogen and oxygen atoms in total. The molecular formula is C25H30N4O9S2. The lowest BCUT2D eigenvalue weighted by Gasteiger charge is -2.44. The number of sulfone groups is 1. The number of carbonyl (C=O) groups is 5. The summed E-state index contributed by atoms with van der Waals surface area (Å²) in [6.07, 6.45) is -0.191. The van der Waals surface area contributed by atoms with E-state index < -0.39 is 90.7 Å². The molecule has 6 atom stereocenters. The molecule has 15 heteroatoms. The highest BCUT2D eigenvalue weighted by Gasteiger charge is 2.68. The number of fused-ring (bicyclic) bond motifs is 2. The van der Waals surface area contributed by atoms with Crippen molar-refractivity contribution in [2.24, 2.45) is 5.73 Å². The van der Waals surface area contributed by atoms with Crippen molar-refractivity contribution in [1.29, 1.82) is 0 Å². The third kappa shape index (κ3) is 4.08. The van der Waals surface area contributed by atoms with Gasteiger partial charge in [0.25, 0.3) is 0 Å². The van der Waals surface area contributed by atoms with E-state index in [1.54, 1.807) is 44.2 Å². The van der Waals surface area contributed by atoms with Gasteiger partial charge in [0.1, 0.15) is 34.9 Å². The van der Waals surface area contributed by atoms with Crippen LogP contribution >= 0.6 is 11.8 Å². The highest BCUT2D eigenvalue weighted by molar-refractivity contribution is 8.01. The van der Waals surface area contributed by atoms with Crippen LogP contribution in [0.2, 0.25) is 0 Å². The average Bonchev–Trinajstić information content (AvgIpc) is 3.22. The van der Waals surface area contributed by atoms with E-state index in [1.165, 1.54) is 30.5 Å². The number of β-lactam (4-membered cyclic amide) rings is 2. The van der Waals surface area contributed by atoms with Crippen LogP contribution in [0, 0.1) is 0 Å². The van der Waals surface area contributed by atoms with Gasteiger partial charge in [0.05, 0.1) is 11.2 Å². The summed E-state index contributed by atoms with van der Waals surface area (Å²) in [6, 6.07) is 4.45. The van der Waals surface area contributed by atoms with Gasteiger partial charge < -0.3 is 30.3 Å². The van der Waals surface area contributed by atoms with Crippen molar-refractivity contribution in [3.05, 3.63) is 35.9 Å². The zero-order valence-corrected chi connectivity index (χ0v) is 23.9. The van der Waals surface area contributed by atoms with Gasteiger partial charge in [-0.05, 0) is 33.3 Å². The van der Waals surface area contributed by atoms with E-state index in [4.69, 9.17) is 15.2 Å². The third-order valence-electron chi connectivity index (χ3n) is 8.00. The minimum absolute atomic E-state index is 0.191. The number of hydrogen-bond donors (Lipinski definition) is 2. The van der Waals surface area contributed by atoms with Crippen LogP contribution in [0.3, 0.4) is 0 Å². The predicted molar refractivity (Wildman–Crippen MR) is 140 cm³/mol. The molecule has 40 heavy (non-hydrogen) atoms. The molecule has 4 fully saturated rings. The zero-order chi connectivity index (χ0) is 29.4. The Bertz CT molecular complexity index is 1400. The van der Waals surface area contributed by atoms with Crippen LogP contribution in [-0.4, -0.2) is 93.0 Å². The minimum atomic E-state index is -3.80. The summed E-state index contributed by atoms with van der Waals surface area (Å²) < 4.78 is 33.3. The lowest BCUT2D eigenvalue weighted by atomic mass is 9.95. The molecule has 5 rings (SSSR count). The van der Waals surface area contributed by atoms with Crippen molar-refractivity contribution in [3.8, 4) is 0 Å². The summed E-state index contributed by atoms with van der Waals surface area (Å²) in [5, 5.41) is 1.07. The van der Waals surface area contributed by atoms with E-state index in [0.717, 1.165) is 4.90 Å². The molecule has 1 aromatic carbocycles. The molecule has 4 aliphatic rings. The van der Waals surface area contributed by atoms with Gasteiger partial charge in [0, 0.05) is 4.75 Å². The molecule has 0 aliphatic carbocycles. The van der Waals surface area contributed by atoms with Crippen molar-refractivity contribution < 1.29 is 41.9 Å². The normalized spacial score (nSPS) is 31.3. The number of ether oxygens (including phenoxy) is 2. The molecular weight excluding hydrogens is 564 g/mol. The standard InChI is InChI=1S/C25H30N4O9S2/c1-24(2)17(29-20(32)16(21(29)39-24)27-19(31)15(26)12-8-6-5-7-9-12)22(33)37-11-38-23(34)18-25(3,4)40(35,36)14-10-13(30)28(14)18/h5-9,14-18,21H,10-11,26H2,1-4H3,(H,27,31)/t14-,15?,16-,17+,18+,21-/m1/s1. The molecule has 0 radical (unpaired) electrons. The average molecular weight is 595 g/mol. The van der Waals surface area contributed by atoms with Gasteiger partial charge in [-0.3, -0.25) is 14.4 Å². The highest BCUT2D eigenvalue weighted by atomic mass is 32.2. The Hall–Kier alpha value is -3.17. The molecule has 4 saturated heterocycles. The van der Waals surface area contributed by atoms with Crippen LogP contribution in [0.4, 0.5) is 0 Å². The predicted octanol–water partition coefficient (Wildman–Crippen LogP) is -0.589. The van der Waals surface area contributed by atoms with Crippen molar-refractivity contribution >= 4 is 51.3 Å². The maximum absolute atomic E-state index is 13.0. The van der Waals surface area contributed by atoms with E-state index in [9.17, 15) is 32.4 Å². The number of thioether (sulfide) groups is 1. The van der Waals surface area contributed by atoms with Gasteiger partial charge in [-0.15, -0.1) is 11.8 Å². The Balaban J connectivity index is 1.19. The van der Waals surface area contributed by atoms with E-state index in [2.05, 4.69) is 5.32 Å². The molecule has 0 saturated carbocycles. The van der Waals surface area contributed by atoms with E-state index in [0.29, 0.717) is 5.56 Å². The van der Waals surface area contributed by atoms with Crippen LogP contribution in [0.1, 0.15) is 45.7 Å². The third-order valence-corrected chi connectivity index (χ3v) is 12.4. The fourth-order valence-electron chi connectivity index (χ4n) is 5.69. The summed E-state index contributed by atoms with van der Waals surface area (Å²) in [4.78, 5) is 65.9. The minimum Gasteiger partial charge on any atom is -0.426 e. The highest BCUT2D eigenvalue weighted by Crippen LogP contribution is 2.51. The van der Waals surface area contributed by atoms with Gasteiger partial charge in [0.15, 0.2) is 9.84 Å². The number of nitrogens with two attached hydrogens (primary N) is 1. The Morgan fingerprint density at radius 1 is 1.05 bits per heavy atom. The first-order chi connectivity index (χ1) is 18.6. The SMILES string of the molecule is CC1(C)S[C@@H]2[C@H](NC(=O)C(N)c3ccccc3)C(=O)N2[C@H]1C(=O)OCOC(=O)[C@@H]1N2C(=O)C[C@H]2S(=O)(=O)C1(C)C. The zero-order valence-electron chi connectivity index (χ0n) is 22.2. The van der Waals surface area contributed by atoms with E-state index in [-0.39, 0.29) is 6.42 Å². The largest absolute Gasteiger partial charge is 0.426 e. The quantitative estimate of drug-likeness (QED) is 0.234.